The minimum atomic E-state index is -1.11. The van der Waals surface area contributed by atoms with Crippen LogP contribution in [-0.2, 0) is 6.42 Å². The minimum absolute atomic E-state index is 0.0200. The highest BCUT2D eigenvalue weighted by Crippen LogP contribution is 2.40. The van der Waals surface area contributed by atoms with E-state index in [-0.39, 0.29) is 22.9 Å². The molecule has 1 aliphatic rings. The molecular formula is C25H26FN5O. The van der Waals surface area contributed by atoms with Crippen molar-refractivity contribution < 1.29 is 9.50 Å². The maximum atomic E-state index is 15.1. The summed E-state index contributed by atoms with van der Waals surface area (Å²) in [7, 11) is 0. The van der Waals surface area contributed by atoms with E-state index in [0.717, 1.165) is 29.7 Å². The number of anilines is 2. The number of hydrogen-bond donors (Lipinski definition) is 3. The van der Waals surface area contributed by atoms with E-state index in [2.05, 4.69) is 23.7 Å². The number of halogens is 1. The second kappa shape index (κ2) is 7.88. The molecule has 1 aromatic heterocycles. The molecule has 0 saturated heterocycles. The van der Waals surface area contributed by atoms with Gasteiger partial charge in [-0.05, 0) is 70.4 Å². The maximum absolute atomic E-state index is 15.1. The molecular weight excluding hydrogens is 405 g/mol. The molecule has 6 nitrogen and oxygen atoms in total. The summed E-state index contributed by atoms with van der Waals surface area (Å²) in [5.41, 5.74) is 1.90. The number of aliphatic hydroxyl groups is 1. The zero-order valence-corrected chi connectivity index (χ0v) is 18.6. The van der Waals surface area contributed by atoms with Crippen molar-refractivity contribution >= 4 is 28.2 Å². The van der Waals surface area contributed by atoms with Crippen LogP contribution in [0.3, 0.4) is 0 Å². The van der Waals surface area contributed by atoms with Crippen molar-refractivity contribution in [3.63, 3.8) is 0 Å². The van der Waals surface area contributed by atoms with Crippen LogP contribution < -0.4 is 10.5 Å². The van der Waals surface area contributed by atoms with Gasteiger partial charge in [0.25, 0.3) is 0 Å². The summed E-state index contributed by atoms with van der Waals surface area (Å²) < 4.78 is 16.5. The summed E-state index contributed by atoms with van der Waals surface area (Å²) in [6.07, 6.45) is 1.60. The number of nitrogens with zero attached hydrogens (tertiary/aromatic N) is 3. The Morgan fingerprint density at radius 2 is 1.97 bits per heavy atom. The topological polar surface area (TPSA) is 89.0 Å². The predicted octanol–water partition coefficient (Wildman–Crippen LogP) is 4.10. The Morgan fingerprint density at radius 3 is 2.66 bits per heavy atom. The number of aromatic nitrogens is 2. The Labute approximate surface area is 186 Å². The second-order valence-electron chi connectivity index (χ2n) is 8.68. The first-order valence-corrected chi connectivity index (χ1v) is 10.6. The highest BCUT2D eigenvalue weighted by Gasteiger charge is 2.29. The predicted molar refractivity (Wildman–Crippen MR) is 124 cm³/mol. The van der Waals surface area contributed by atoms with E-state index in [1.54, 1.807) is 32.9 Å². The molecule has 1 atom stereocenters. The first-order chi connectivity index (χ1) is 15.1. The van der Waals surface area contributed by atoms with Crippen LogP contribution in [0.15, 0.2) is 36.4 Å². The molecule has 4 rings (SSSR count). The molecule has 3 aromatic rings. The van der Waals surface area contributed by atoms with Crippen molar-refractivity contribution in [3.8, 4) is 11.8 Å². The Kier molecular flexibility index (Phi) is 5.35. The van der Waals surface area contributed by atoms with Crippen molar-refractivity contribution in [2.75, 3.05) is 4.90 Å². The monoisotopic (exact) mass is 431 g/mol. The van der Waals surface area contributed by atoms with Crippen LogP contribution in [0.5, 0.6) is 0 Å². The van der Waals surface area contributed by atoms with Gasteiger partial charge in [-0.15, -0.1) is 0 Å². The van der Waals surface area contributed by atoms with Gasteiger partial charge in [0.05, 0.1) is 10.9 Å². The van der Waals surface area contributed by atoms with Gasteiger partial charge in [0, 0.05) is 17.3 Å². The van der Waals surface area contributed by atoms with Gasteiger partial charge >= 0.3 is 0 Å². The quantitative estimate of drug-likeness (QED) is 0.308. The summed E-state index contributed by atoms with van der Waals surface area (Å²) in [4.78, 5) is 6.44. The lowest BCUT2D eigenvalue weighted by atomic mass is 9.92. The molecule has 0 spiro atoms. The first-order valence-electron chi connectivity index (χ1n) is 10.6. The zero-order valence-electron chi connectivity index (χ0n) is 18.6. The number of nitrogens with one attached hydrogen (secondary N) is 2. The molecule has 2 heterocycles. The third kappa shape index (κ3) is 3.78. The van der Waals surface area contributed by atoms with Crippen LogP contribution in [-0.4, -0.2) is 32.1 Å². The first kappa shape index (κ1) is 21.7. The Morgan fingerprint density at radius 1 is 1.25 bits per heavy atom. The van der Waals surface area contributed by atoms with Crippen molar-refractivity contribution in [3.05, 3.63) is 59.0 Å². The molecule has 32 heavy (non-hydrogen) atoms. The summed E-state index contributed by atoms with van der Waals surface area (Å²) in [6, 6.07) is 10.5. The molecule has 7 heteroatoms. The highest BCUT2D eigenvalue weighted by molar-refractivity contribution is 5.98. The van der Waals surface area contributed by atoms with Crippen LogP contribution in [0.25, 0.3) is 10.9 Å². The van der Waals surface area contributed by atoms with Crippen LogP contribution in [0.4, 0.5) is 15.9 Å². The van der Waals surface area contributed by atoms with Crippen LogP contribution in [0.1, 0.15) is 45.2 Å². The third-order valence-electron chi connectivity index (χ3n) is 5.61. The molecule has 0 fully saturated rings. The lowest BCUT2D eigenvalue weighted by Crippen LogP contribution is -2.37. The molecule has 1 aliphatic heterocycles. The average Bonchev–Trinajstić information content (AvgIpc) is 2.70. The van der Waals surface area contributed by atoms with Gasteiger partial charge in [-0.2, -0.15) is 4.98 Å². The second-order valence-corrected chi connectivity index (χ2v) is 8.68. The number of fused-ring (bicyclic) bond motifs is 2. The van der Waals surface area contributed by atoms with E-state index >= 15 is 4.39 Å². The average molecular weight is 432 g/mol. The zero-order chi connectivity index (χ0) is 23.2. The van der Waals surface area contributed by atoms with Crippen LogP contribution >= 0.6 is 0 Å². The molecule has 164 valence electrons. The smallest absolute Gasteiger partial charge is 0.230 e. The van der Waals surface area contributed by atoms with Gasteiger partial charge in [0.1, 0.15) is 23.1 Å². The van der Waals surface area contributed by atoms with E-state index in [1.807, 2.05) is 23.1 Å². The van der Waals surface area contributed by atoms with Gasteiger partial charge in [-0.1, -0.05) is 24.0 Å². The van der Waals surface area contributed by atoms with Crippen molar-refractivity contribution in [1.82, 2.24) is 9.55 Å². The molecule has 1 unspecified atom stereocenters. The van der Waals surface area contributed by atoms with E-state index in [0.29, 0.717) is 11.3 Å². The standard InChI is InChI=1S/C25H26FN5O/c1-15-11-12-18-17(13-14-25(3,4)32)7-5-9-20(18)30(15)23-22-19(26)8-6-10-21(22)31(16(2)27)24(28)29-23/h5-10,15,27-28,32H,11-12H2,1-4H3. The van der Waals surface area contributed by atoms with Crippen molar-refractivity contribution in [2.45, 2.75) is 52.2 Å². The summed E-state index contributed by atoms with van der Waals surface area (Å²) in [5, 5.41) is 26.8. The van der Waals surface area contributed by atoms with E-state index in [9.17, 15) is 5.11 Å². The number of hydrogen-bond acceptors (Lipinski definition) is 5. The van der Waals surface area contributed by atoms with Crippen LogP contribution in [0.2, 0.25) is 0 Å². The normalized spacial score (nSPS) is 15.8. The molecule has 2 aromatic carbocycles. The molecule has 0 amide bonds. The van der Waals surface area contributed by atoms with E-state index in [1.165, 1.54) is 10.6 Å². The Bertz CT molecular complexity index is 1360. The highest BCUT2D eigenvalue weighted by atomic mass is 19.1. The molecule has 0 aliphatic carbocycles. The summed E-state index contributed by atoms with van der Waals surface area (Å²) in [6.45, 7) is 6.89. The van der Waals surface area contributed by atoms with Gasteiger partial charge in [-0.25, -0.2) is 4.39 Å². The van der Waals surface area contributed by atoms with Gasteiger partial charge < -0.3 is 10.0 Å². The fourth-order valence-electron chi connectivity index (χ4n) is 4.20. The van der Waals surface area contributed by atoms with E-state index in [4.69, 9.17) is 10.8 Å². The van der Waals surface area contributed by atoms with Crippen molar-refractivity contribution in [1.29, 1.82) is 10.8 Å². The van der Waals surface area contributed by atoms with Crippen LogP contribution in [0, 0.1) is 28.5 Å². The summed E-state index contributed by atoms with van der Waals surface area (Å²) in [5.74, 6) is 5.98. The number of rotatable bonds is 1. The van der Waals surface area contributed by atoms with Gasteiger partial charge in [0.2, 0.25) is 5.62 Å². The lowest BCUT2D eigenvalue weighted by molar-refractivity contribution is 0.143. The molecule has 3 N–H and O–H groups in total. The number of benzene rings is 2. The fourth-order valence-corrected chi connectivity index (χ4v) is 4.20. The summed E-state index contributed by atoms with van der Waals surface area (Å²) >= 11 is 0. The Hall–Kier alpha value is -3.50. The molecule has 0 bridgehead atoms. The SMILES string of the molecule is CC(=N)n1c(=N)nc(N2c3cccc(C#CC(C)(C)O)c3CCC2C)c2c(F)cccc21. The third-order valence-corrected chi connectivity index (χ3v) is 5.61. The molecule has 0 radical (unpaired) electrons. The Balaban J connectivity index is 2.01. The lowest BCUT2D eigenvalue weighted by Gasteiger charge is -2.37. The minimum Gasteiger partial charge on any atom is -0.378 e. The fraction of sp³-hybridized carbons (Fsp3) is 0.320. The maximum Gasteiger partial charge on any atom is 0.230 e. The largest absolute Gasteiger partial charge is 0.378 e. The van der Waals surface area contributed by atoms with Gasteiger partial charge in [-0.3, -0.25) is 15.4 Å². The molecule has 0 saturated carbocycles. The van der Waals surface area contributed by atoms with Crippen molar-refractivity contribution in [2.24, 2.45) is 0 Å². The van der Waals surface area contributed by atoms with Gasteiger partial charge in [0.15, 0.2) is 0 Å². The van der Waals surface area contributed by atoms with E-state index < -0.39 is 11.4 Å².